The van der Waals surface area contributed by atoms with Crippen LogP contribution in [0.2, 0.25) is 0 Å². The van der Waals surface area contributed by atoms with Crippen molar-refractivity contribution >= 4 is 21.7 Å². The summed E-state index contributed by atoms with van der Waals surface area (Å²) in [4.78, 5) is 32.4. The van der Waals surface area contributed by atoms with Crippen LogP contribution in [0, 0.1) is 5.92 Å². The molecule has 2 aromatic carbocycles. The molecule has 8 heteroatoms. The van der Waals surface area contributed by atoms with Gasteiger partial charge in [0.2, 0.25) is 5.91 Å². The lowest BCUT2D eigenvalue weighted by molar-refractivity contribution is -0.136. The molecular weight excluding hydrogens is 450 g/mol. The Kier molecular flexibility index (Phi) is 7.68. The van der Waals surface area contributed by atoms with E-state index in [9.17, 15) is 18.0 Å². The van der Waals surface area contributed by atoms with Gasteiger partial charge in [-0.3, -0.25) is 14.5 Å². The highest BCUT2D eigenvalue weighted by Crippen LogP contribution is 2.22. The van der Waals surface area contributed by atoms with Gasteiger partial charge in [0.1, 0.15) is 0 Å². The molecule has 2 saturated heterocycles. The maximum Gasteiger partial charge on any atom is 0.253 e. The summed E-state index contributed by atoms with van der Waals surface area (Å²) in [5, 5.41) is 0. The van der Waals surface area contributed by atoms with Gasteiger partial charge in [-0.05, 0) is 49.1 Å². The Bertz CT molecular complexity index is 1090. The monoisotopic (exact) mass is 483 g/mol. The molecule has 2 heterocycles. The van der Waals surface area contributed by atoms with Crippen LogP contribution in [0.4, 0.5) is 0 Å². The van der Waals surface area contributed by atoms with Gasteiger partial charge in [0.15, 0.2) is 9.84 Å². The van der Waals surface area contributed by atoms with Crippen LogP contribution in [0.3, 0.4) is 0 Å². The van der Waals surface area contributed by atoms with E-state index < -0.39 is 9.84 Å². The van der Waals surface area contributed by atoms with Crippen molar-refractivity contribution in [3.8, 4) is 0 Å². The molecule has 182 valence electrons. The van der Waals surface area contributed by atoms with E-state index in [0.717, 1.165) is 38.2 Å². The molecule has 34 heavy (non-hydrogen) atoms. The van der Waals surface area contributed by atoms with Crippen LogP contribution in [-0.2, 0) is 21.2 Å². The minimum atomic E-state index is -3.19. The third kappa shape index (κ3) is 6.04. The molecule has 0 atom stereocenters. The Hall–Kier alpha value is -2.71. The second-order valence-electron chi connectivity index (χ2n) is 9.30. The van der Waals surface area contributed by atoms with Crippen molar-refractivity contribution in [3.63, 3.8) is 0 Å². The largest absolute Gasteiger partial charge is 0.341 e. The van der Waals surface area contributed by atoms with Gasteiger partial charge < -0.3 is 9.80 Å². The molecule has 0 aliphatic carbocycles. The lowest BCUT2D eigenvalue weighted by atomic mass is 9.94. The van der Waals surface area contributed by atoms with Crippen LogP contribution in [0.1, 0.15) is 35.2 Å². The molecule has 0 unspecified atom stereocenters. The van der Waals surface area contributed by atoms with E-state index >= 15 is 0 Å². The fraction of sp³-hybridized carbons (Fsp3) is 0.462. The van der Waals surface area contributed by atoms with Gasteiger partial charge in [0.05, 0.1) is 4.90 Å². The predicted molar refractivity (Wildman–Crippen MR) is 131 cm³/mol. The highest BCUT2D eigenvalue weighted by atomic mass is 32.2. The summed E-state index contributed by atoms with van der Waals surface area (Å²) < 4.78 is 23.3. The maximum atomic E-state index is 13.2. The van der Waals surface area contributed by atoms with Gasteiger partial charge in [0, 0.05) is 63.6 Å². The lowest BCUT2D eigenvalue weighted by Gasteiger charge is -2.34. The number of piperidine rings is 1. The van der Waals surface area contributed by atoms with Crippen molar-refractivity contribution in [2.45, 2.75) is 30.7 Å². The quantitative estimate of drug-likeness (QED) is 0.654. The Balaban J connectivity index is 1.26. The third-order valence-corrected chi connectivity index (χ3v) is 7.94. The summed E-state index contributed by atoms with van der Waals surface area (Å²) in [5.41, 5.74) is 1.77. The molecule has 7 nitrogen and oxygen atoms in total. The summed E-state index contributed by atoms with van der Waals surface area (Å²) in [6, 6.07) is 16.4. The fourth-order valence-corrected chi connectivity index (χ4v) is 5.43. The molecule has 0 bridgehead atoms. The lowest BCUT2D eigenvalue weighted by Crippen LogP contribution is -2.45. The Morgan fingerprint density at radius 1 is 0.824 bits per heavy atom. The average molecular weight is 484 g/mol. The molecule has 0 aromatic heterocycles. The summed E-state index contributed by atoms with van der Waals surface area (Å²) in [6.45, 7) is 5.13. The van der Waals surface area contributed by atoms with Crippen LogP contribution < -0.4 is 0 Å². The first kappa shape index (κ1) is 24.4. The van der Waals surface area contributed by atoms with Crippen molar-refractivity contribution in [1.82, 2.24) is 14.7 Å². The smallest absolute Gasteiger partial charge is 0.253 e. The van der Waals surface area contributed by atoms with Gasteiger partial charge in [-0.15, -0.1) is 0 Å². The van der Waals surface area contributed by atoms with Gasteiger partial charge in [-0.2, -0.15) is 0 Å². The molecule has 0 spiro atoms. The first-order valence-electron chi connectivity index (χ1n) is 12.0. The summed E-state index contributed by atoms with van der Waals surface area (Å²) in [7, 11) is -3.19. The van der Waals surface area contributed by atoms with E-state index in [2.05, 4.69) is 4.90 Å². The number of carbonyl (C=O) groups is 2. The minimum Gasteiger partial charge on any atom is -0.341 e. The van der Waals surface area contributed by atoms with E-state index in [1.165, 1.54) is 6.26 Å². The molecule has 2 fully saturated rings. The summed E-state index contributed by atoms with van der Waals surface area (Å²) in [6.07, 6.45) is 3.56. The first-order valence-corrected chi connectivity index (χ1v) is 13.8. The number of carbonyl (C=O) groups excluding carboxylic acids is 2. The standard InChI is InChI=1S/C26H33N3O4S/c1-34(32,33)24-10-8-21(9-11-24)20-27-14-5-15-28(19-18-27)26(31)23-12-16-29(17-13-23)25(30)22-6-3-2-4-7-22/h2-4,6-11,23H,5,12-20H2,1H3. The molecular formula is C26H33N3O4S. The molecule has 4 rings (SSSR count). The third-order valence-electron chi connectivity index (χ3n) is 6.81. The number of benzene rings is 2. The van der Waals surface area contributed by atoms with E-state index in [0.29, 0.717) is 42.9 Å². The number of amides is 2. The number of sulfone groups is 1. The van der Waals surface area contributed by atoms with Crippen molar-refractivity contribution in [3.05, 3.63) is 65.7 Å². The molecule has 0 saturated carbocycles. The van der Waals surface area contributed by atoms with Gasteiger partial charge in [0.25, 0.3) is 5.91 Å². The zero-order chi connectivity index (χ0) is 24.1. The average Bonchev–Trinajstić information content (AvgIpc) is 3.09. The van der Waals surface area contributed by atoms with Crippen molar-refractivity contribution < 1.29 is 18.0 Å². The zero-order valence-electron chi connectivity index (χ0n) is 19.7. The highest BCUT2D eigenvalue weighted by molar-refractivity contribution is 7.90. The van der Waals surface area contributed by atoms with E-state index in [1.54, 1.807) is 12.1 Å². The van der Waals surface area contributed by atoms with E-state index in [4.69, 9.17) is 0 Å². The van der Waals surface area contributed by atoms with Crippen LogP contribution in [0.25, 0.3) is 0 Å². The zero-order valence-corrected chi connectivity index (χ0v) is 20.5. The molecule has 0 N–H and O–H groups in total. The first-order chi connectivity index (χ1) is 16.3. The number of nitrogens with zero attached hydrogens (tertiary/aromatic N) is 3. The van der Waals surface area contributed by atoms with Crippen LogP contribution in [0.5, 0.6) is 0 Å². The summed E-state index contributed by atoms with van der Waals surface area (Å²) in [5.74, 6) is 0.238. The Morgan fingerprint density at radius 3 is 2.15 bits per heavy atom. The van der Waals surface area contributed by atoms with Crippen LogP contribution >= 0.6 is 0 Å². The Labute approximate surface area is 202 Å². The molecule has 2 aromatic rings. The van der Waals surface area contributed by atoms with E-state index in [1.807, 2.05) is 52.3 Å². The predicted octanol–water partition coefficient (Wildman–Crippen LogP) is 2.68. The molecule has 2 aliphatic heterocycles. The van der Waals surface area contributed by atoms with Gasteiger partial charge in [-0.25, -0.2) is 8.42 Å². The van der Waals surface area contributed by atoms with Crippen LogP contribution in [0.15, 0.2) is 59.5 Å². The van der Waals surface area contributed by atoms with Crippen molar-refractivity contribution in [2.24, 2.45) is 5.92 Å². The molecule has 2 amide bonds. The van der Waals surface area contributed by atoms with E-state index in [-0.39, 0.29) is 17.7 Å². The number of hydrogen-bond donors (Lipinski definition) is 0. The molecule has 2 aliphatic rings. The maximum absolute atomic E-state index is 13.2. The topological polar surface area (TPSA) is 78.0 Å². The second-order valence-corrected chi connectivity index (χ2v) is 11.3. The van der Waals surface area contributed by atoms with Gasteiger partial charge >= 0.3 is 0 Å². The highest BCUT2D eigenvalue weighted by Gasteiger charge is 2.31. The number of hydrogen-bond acceptors (Lipinski definition) is 5. The van der Waals surface area contributed by atoms with Crippen molar-refractivity contribution in [2.75, 3.05) is 45.5 Å². The minimum absolute atomic E-state index is 0.0186. The Morgan fingerprint density at radius 2 is 1.50 bits per heavy atom. The molecule has 0 radical (unpaired) electrons. The van der Waals surface area contributed by atoms with Gasteiger partial charge in [-0.1, -0.05) is 30.3 Å². The second kappa shape index (κ2) is 10.7. The number of rotatable bonds is 5. The normalized spacial score (nSPS) is 18.5. The SMILES string of the molecule is CS(=O)(=O)c1ccc(CN2CCCN(C(=O)C3CCN(C(=O)c4ccccc4)CC3)CC2)cc1. The van der Waals surface area contributed by atoms with Crippen LogP contribution in [-0.4, -0.2) is 80.5 Å². The fourth-order valence-electron chi connectivity index (χ4n) is 4.80. The summed E-state index contributed by atoms with van der Waals surface area (Å²) >= 11 is 0. The number of likely N-dealkylation sites (tertiary alicyclic amines) is 1. The van der Waals surface area contributed by atoms with Crippen molar-refractivity contribution in [1.29, 1.82) is 0 Å².